The van der Waals surface area contributed by atoms with Crippen LogP contribution in [-0.2, 0) is 6.54 Å². The van der Waals surface area contributed by atoms with Gasteiger partial charge < -0.3 is 10.3 Å². The molecule has 0 unspecified atom stereocenters. The van der Waals surface area contributed by atoms with Crippen LogP contribution in [0.4, 0.5) is 10.1 Å². The molecule has 0 aliphatic heterocycles. The molecule has 0 aliphatic carbocycles. The number of nitrogens with zero attached hydrogens (tertiary/aromatic N) is 1. The quantitative estimate of drug-likeness (QED) is 0.759. The summed E-state index contributed by atoms with van der Waals surface area (Å²) < 4.78 is 12.9. The SMILES string of the molecule is Fc1ccc(NCc2c[nH]c3ncccc23)c(Cl)c1. The number of halogens is 2. The highest BCUT2D eigenvalue weighted by Gasteiger charge is 2.05. The van der Waals surface area contributed by atoms with Crippen molar-refractivity contribution in [3.63, 3.8) is 0 Å². The van der Waals surface area contributed by atoms with Crippen LogP contribution in [-0.4, -0.2) is 9.97 Å². The van der Waals surface area contributed by atoms with Crippen LogP contribution in [0.5, 0.6) is 0 Å². The minimum atomic E-state index is -0.341. The van der Waals surface area contributed by atoms with Crippen LogP contribution in [0.15, 0.2) is 42.7 Å². The van der Waals surface area contributed by atoms with Gasteiger partial charge in [-0.3, -0.25) is 0 Å². The lowest BCUT2D eigenvalue weighted by Crippen LogP contribution is -1.99. The fraction of sp³-hybridized carbons (Fsp3) is 0.0714. The normalized spacial score (nSPS) is 10.8. The highest BCUT2D eigenvalue weighted by Crippen LogP contribution is 2.24. The summed E-state index contributed by atoms with van der Waals surface area (Å²) in [5.74, 6) is -0.341. The van der Waals surface area contributed by atoms with E-state index in [1.54, 1.807) is 12.3 Å². The van der Waals surface area contributed by atoms with E-state index in [0.29, 0.717) is 17.3 Å². The van der Waals surface area contributed by atoms with E-state index < -0.39 is 0 Å². The van der Waals surface area contributed by atoms with Gasteiger partial charge in [0, 0.05) is 24.3 Å². The van der Waals surface area contributed by atoms with Gasteiger partial charge in [-0.05, 0) is 35.9 Å². The lowest BCUT2D eigenvalue weighted by atomic mass is 10.2. The third-order valence-corrected chi connectivity index (χ3v) is 3.25. The zero-order chi connectivity index (χ0) is 13.2. The number of aromatic nitrogens is 2. The van der Waals surface area contributed by atoms with Gasteiger partial charge in [-0.15, -0.1) is 0 Å². The number of hydrogen-bond acceptors (Lipinski definition) is 2. The number of pyridine rings is 1. The Hall–Kier alpha value is -2.07. The summed E-state index contributed by atoms with van der Waals surface area (Å²) >= 11 is 5.97. The first-order valence-electron chi connectivity index (χ1n) is 5.84. The number of aromatic amines is 1. The Morgan fingerprint density at radius 1 is 1.32 bits per heavy atom. The standard InChI is InChI=1S/C14H11ClFN3/c15-12-6-10(16)3-4-13(12)18-7-9-8-19-14-11(9)2-1-5-17-14/h1-6,8,18H,7H2,(H,17,19). The molecule has 0 fully saturated rings. The maximum absolute atomic E-state index is 12.9. The van der Waals surface area contributed by atoms with E-state index in [4.69, 9.17) is 11.6 Å². The van der Waals surface area contributed by atoms with Crippen LogP contribution in [0.3, 0.4) is 0 Å². The van der Waals surface area contributed by atoms with E-state index in [-0.39, 0.29) is 5.82 Å². The van der Waals surface area contributed by atoms with E-state index >= 15 is 0 Å². The molecule has 96 valence electrons. The van der Waals surface area contributed by atoms with E-state index in [1.165, 1.54) is 12.1 Å². The molecule has 0 bridgehead atoms. The van der Waals surface area contributed by atoms with E-state index in [1.807, 2.05) is 18.3 Å². The van der Waals surface area contributed by atoms with E-state index in [9.17, 15) is 4.39 Å². The van der Waals surface area contributed by atoms with Crippen LogP contribution in [0.2, 0.25) is 5.02 Å². The Morgan fingerprint density at radius 2 is 2.21 bits per heavy atom. The average Bonchev–Trinajstić information content (AvgIpc) is 2.81. The summed E-state index contributed by atoms with van der Waals surface area (Å²) in [7, 11) is 0. The average molecular weight is 276 g/mol. The maximum Gasteiger partial charge on any atom is 0.137 e. The lowest BCUT2D eigenvalue weighted by molar-refractivity contribution is 0.628. The number of hydrogen-bond donors (Lipinski definition) is 2. The van der Waals surface area contributed by atoms with Gasteiger partial charge in [-0.25, -0.2) is 9.37 Å². The van der Waals surface area contributed by atoms with Crippen molar-refractivity contribution in [1.29, 1.82) is 0 Å². The number of rotatable bonds is 3. The molecule has 3 rings (SSSR count). The second-order valence-corrected chi connectivity index (χ2v) is 4.60. The highest BCUT2D eigenvalue weighted by molar-refractivity contribution is 6.33. The second kappa shape index (κ2) is 4.90. The zero-order valence-corrected chi connectivity index (χ0v) is 10.7. The molecule has 0 radical (unpaired) electrons. The summed E-state index contributed by atoms with van der Waals surface area (Å²) in [6, 6.07) is 8.20. The van der Waals surface area contributed by atoms with Gasteiger partial charge in [0.05, 0.1) is 10.7 Å². The Labute approximate surface area is 114 Å². The molecule has 19 heavy (non-hydrogen) atoms. The van der Waals surface area contributed by atoms with Crippen molar-refractivity contribution in [2.45, 2.75) is 6.54 Å². The first-order valence-corrected chi connectivity index (χ1v) is 6.22. The van der Waals surface area contributed by atoms with Crippen molar-refractivity contribution in [1.82, 2.24) is 9.97 Å². The van der Waals surface area contributed by atoms with Gasteiger partial charge >= 0.3 is 0 Å². The summed E-state index contributed by atoms with van der Waals surface area (Å²) in [6.07, 6.45) is 3.65. The molecule has 3 aromatic rings. The monoisotopic (exact) mass is 275 g/mol. The number of nitrogens with one attached hydrogen (secondary N) is 2. The Balaban J connectivity index is 1.82. The van der Waals surface area contributed by atoms with E-state index in [0.717, 1.165) is 16.6 Å². The summed E-state index contributed by atoms with van der Waals surface area (Å²) in [6.45, 7) is 0.594. The largest absolute Gasteiger partial charge is 0.380 e. The number of fused-ring (bicyclic) bond motifs is 1. The second-order valence-electron chi connectivity index (χ2n) is 4.19. The van der Waals surface area contributed by atoms with Crippen molar-refractivity contribution >= 4 is 28.3 Å². The van der Waals surface area contributed by atoms with Crippen molar-refractivity contribution in [2.75, 3.05) is 5.32 Å². The van der Waals surface area contributed by atoms with Crippen LogP contribution in [0, 0.1) is 5.82 Å². The summed E-state index contributed by atoms with van der Waals surface area (Å²) in [5, 5.41) is 4.62. The smallest absolute Gasteiger partial charge is 0.137 e. The van der Waals surface area contributed by atoms with Gasteiger partial charge in [0.15, 0.2) is 0 Å². The Kier molecular flexibility index (Phi) is 3.09. The topological polar surface area (TPSA) is 40.7 Å². The van der Waals surface area contributed by atoms with Crippen molar-refractivity contribution in [3.05, 3.63) is 59.1 Å². The van der Waals surface area contributed by atoms with Crippen LogP contribution >= 0.6 is 11.6 Å². The predicted octanol–water partition coefficient (Wildman–Crippen LogP) is 3.97. The summed E-state index contributed by atoms with van der Waals surface area (Å²) in [4.78, 5) is 7.33. The van der Waals surface area contributed by atoms with E-state index in [2.05, 4.69) is 15.3 Å². The molecular weight excluding hydrogens is 265 g/mol. The predicted molar refractivity (Wildman–Crippen MR) is 74.8 cm³/mol. The first kappa shape index (κ1) is 12.0. The van der Waals surface area contributed by atoms with Crippen LogP contribution < -0.4 is 5.32 Å². The molecule has 0 amide bonds. The van der Waals surface area contributed by atoms with Gasteiger partial charge in [-0.1, -0.05) is 11.6 Å². The van der Waals surface area contributed by atoms with Gasteiger partial charge in [-0.2, -0.15) is 0 Å². The fourth-order valence-corrected chi connectivity index (χ4v) is 2.22. The van der Waals surface area contributed by atoms with Crippen LogP contribution in [0.25, 0.3) is 11.0 Å². The number of anilines is 1. The molecule has 0 spiro atoms. The Morgan fingerprint density at radius 3 is 3.05 bits per heavy atom. The molecular formula is C14H11ClFN3. The minimum Gasteiger partial charge on any atom is -0.380 e. The van der Waals surface area contributed by atoms with Crippen molar-refractivity contribution in [2.24, 2.45) is 0 Å². The molecule has 3 nitrogen and oxygen atoms in total. The lowest BCUT2D eigenvalue weighted by Gasteiger charge is -2.07. The third-order valence-electron chi connectivity index (χ3n) is 2.94. The molecule has 0 atom stereocenters. The highest BCUT2D eigenvalue weighted by atomic mass is 35.5. The van der Waals surface area contributed by atoms with Gasteiger partial charge in [0.2, 0.25) is 0 Å². The molecule has 2 aromatic heterocycles. The minimum absolute atomic E-state index is 0.341. The van der Waals surface area contributed by atoms with Gasteiger partial charge in [0.25, 0.3) is 0 Å². The molecule has 0 saturated carbocycles. The van der Waals surface area contributed by atoms with Crippen molar-refractivity contribution in [3.8, 4) is 0 Å². The zero-order valence-electron chi connectivity index (χ0n) is 9.95. The molecule has 0 saturated heterocycles. The third kappa shape index (κ3) is 2.39. The van der Waals surface area contributed by atoms with Crippen molar-refractivity contribution < 1.29 is 4.39 Å². The maximum atomic E-state index is 12.9. The summed E-state index contributed by atoms with van der Waals surface area (Å²) in [5.41, 5.74) is 2.65. The number of H-pyrrole nitrogens is 1. The molecule has 5 heteroatoms. The molecule has 0 aliphatic rings. The molecule has 2 heterocycles. The molecule has 2 N–H and O–H groups in total. The Bertz CT molecular complexity index is 724. The first-order chi connectivity index (χ1) is 9.24. The molecule has 1 aromatic carbocycles. The van der Waals surface area contributed by atoms with Crippen LogP contribution in [0.1, 0.15) is 5.56 Å². The van der Waals surface area contributed by atoms with Gasteiger partial charge in [0.1, 0.15) is 11.5 Å². The number of benzene rings is 1. The fourth-order valence-electron chi connectivity index (χ4n) is 1.98.